The number of methoxy groups -OCH3 is 1. The highest BCUT2D eigenvalue weighted by molar-refractivity contribution is 5.31. The largest absolute Gasteiger partial charge is 0.497 e. The number of ether oxygens (including phenoxy) is 5. The SMILES string of the molecule is COc1ccc(O[C@@H]2O[C@@H](C)[C@H](O)[C@@H](O[C@@H]3O[C@H](CO)[C@@H](O)[C@H](O)[C@@H]3O)[C@H]2O)cc1. The first kappa shape index (κ1) is 23.1. The van der Waals surface area contributed by atoms with Gasteiger partial charge in [0.2, 0.25) is 6.29 Å². The van der Waals surface area contributed by atoms with Gasteiger partial charge in [-0.1, -0.05) is 0 Å². The van der Waals surface area contributed by atoms with Crippen molar-refractivity contribution in [3.05, 3.63) is 24.3 Å². The Hall–Kier alpha value is -1.54. The molecule has 3 rings (SSSR count). The summed E-state index contributed by atoms with van der Waals surface area (Å²) in [5.41, 5.74) is 0. The third-order valence-corrected chi connectivity index (χ3v) is 5.23. The standard InChI is InChI=1S/C19H28O11/c1-8-12(21)17(30-18-15(24)14(23)13(22)11(7-20)29-18)16(25)19(27-8)28-10-5-3-9(26-2)4-6-10/h3-6,8,11-25H,7H2,1-2H3/t8-,11+,12-,13+,14-,15-,16+,17+,18-,19-/m0/s1. The van der Waals surface area contributed by atoms with Gasteiger partial charge in [0.25, 0.3) is 0 Å². The molecule has 0 aromatic heterocycles. The number of rotatable bonds is 6. The van der Waals surface area contributed by atoms with Crippen LogP contribution in [0.15, 0.2) is 24.3 Å². The highest BCUT2D eigenvalue weighted by Crippen LogP contribution is 2.30. The predicted octanol–water partition coefficient (Wildman–Crippen LogP) is -2.27. The maximum atomic E-state index is 10.7. The molecule has 0 radical (unpaired) electrons. The summed E-state index contributed by atoms with van der Waals surface area (Å²) in [5.74, 6) is 0.982. The van der Waals surface area contributed by atoms with Crippen LogP contribution in [0.25, 0.3) is 0 Å². The molecule has 170 valence electrons. The monoisotopic (exact) mass is 432 g/mol. The Kier molecular flexibility index (Phi) is 7.50. The van der Waals surface area contributed by atoms with Gasteiger partial charge in [0.1, 0.15) is 54.2 Å². The summed E-state index contributed by atoms with van der Waals surface area (Å²) in [7, 11) is 1.52. The van der Waals surface area contributed by atoms with Gasteiger partial charge in [-0.05, 0) is 31.2 Å². The molecule has 30 heavy (non-hydrogen) atoms. The van der Waals surface area contributed by atoms with Crippen LogP contribution in [-0.2, 0) is 14.2 Å². The van der Waals surface area contributed by atoms with Crippen molar-refractivity contribution >= 4 is 0 Å². The summed E-state index contributed by atoms with van der Waals surface area (Å²) in [4.78, 5) is 0. The van der Waals surface area contributed by atoms with E-state index in [1.165, 1.54) is 7.11 Å². The van der Waals surface area contributed by atoms with Gasteiger partial charge in [0.15, 0.2) is 6.29 Å². The first-order valence-corrected chi connectivity index (χ1v) is 9.55. The summed E-state index contributed by atoms with van der Waals surface area (Å²) in [6.45, 7) is 0.911. The molecule has 2 saturated heterocycles. The van der Waals surface area contributed by atoms with Gasteiger partial charge < -0.3 is 54.3 Å². The number of benzene rings is 1. The number of hydrogen-bond acceptors (Lipinski definition) is 11. The second-order valence-electron chi connectivity index (χ2n) is 7.28. The highest BCUT2D eigenvalue weighted by atomic mass is 16.7. The van der Waals surface area contributed by atoms with Crippen molar-refractivity contribution in [1.82, 2.24) is 0 Å². The molecule has 0 amide bonds. The summed E-state index contributed by atoms with van der Waals surface area (Å²) < 4.78 is 27.1. The minimum atomic E-state index is -1.68. The van der Waals surface area contributed by atoms with Gasteiger partial charge >= 0.3 is 0 Å². The molecule has 1 aromatic rings. The fourth-order valence-electron chi connectivity index (χ4n) is 3.38. The van der Waals surface area contributed by atoms with Crippen molar-refractivity contribution in [3.8, 4) is 11.5 Å². The first-order valence-electron chi connectivity index (χ1n) is 9.55. The van der Waals surface area contributed by atoms with Gasteiger partial charge in [-0.3, -0.25) is 0 Å². The molecule has 0 spiro atoms. The first-order chi connectivity index (χ1) is 14.3. The Labute approximate surface area is 172 Å². The van der Waals surface area contributed by atoms with Gasteiger partial charge in [-0.2, -0.15) is 0 Å². The van der Waals surface area contributed by atoms with E-state index in [2.05, 4.69) is 0 Å². The molecule has 1 aromatic carbocycles. The molecule has 0 bridgehead atoms. The van der Waals surface area contributed by atoms with Crippen LogP contribution in [0.1, 0.15) is 6.92 Å². The number of aliphatic hydroxyl groups is 6. The van der Waals surface area contributed by atoms with E-state index in [9.17, 15) is 30.6 Å². The highest BCUT2D eigenvalue weighted by Gasteiger charge is 2.50. The molecule has 2 aliphatic rings. The smallest absolute Gasteiger partial charge is 0.229 e. The Balaban J connectivity index is 1.72. The fraction of sp³-hybridized carbons (Fsp3) is 0.684. The van der Waals surface area contributed by atoms with Crippen LogP contribution < -0.4 is 9.47 Å². The average molecular weight is 432 g/mol. The molecule has 2 aliphatic heterocycles. The van der Waals surface area contributed by atoms with Gasteiger partial charge in [-0.25, -0.2) is 0 Å². The molecule has 10 atom stereocenters. The lowest BCUT2D eigenvalue weighted by molar-refractivity contribution is -0.350. The molecule has 6 N–H and O–H groups in total. The van der Waals surface area contributed by atoms with E-state index in [0.29, 0.717) is 11.5 Å². The molecule has 11 heteroatoms. The Morgan fingerprint density at radius 1 is 0.800 bits per heavy atom. The van der Waals surface area contributed by atoms with E-state index in [-0.39, 0.29) is 0 Å². The molecule has 0 saturated carbocycles. The van der Waals surface area contributed by atoms with Crippen LogP contribution in [0, 0.1) is 0 Å². The van der Waals surface area contributed by atoms with E-state index in [1.54, 1.807) is 31.2 Å². The molecule has 11 nitrogen and oxygen atoms in total. The summed E-state index contributed by atoms with van der Waals surface area (Å²) in [5, 5.41) is 60.4. The maximum absolute atomic E-state index is 10.7. The fourth-order valence-corrected chi connectivity index (χ4v) is 3.38. The molecule has 2 fully saturated rings. The maximum Gasteiger partial charge on any atom is 0.229 e. The lowest BCUT2D eigenvalue weighted by Gasteiger charge is -2.45. The Morgan fingerprint density at radius 3 is 2.03 bits per heavy atom. The quantitative estimate of drug-likeness (QED) is 0.287. The van der Waals surface area contributed by atoms with Crippen LogP contribution in [0.4, 0.5) is 0 Å². The van der Waals surface area contributed by atoms with Crippen molar-refractivity contribution in [3.63, 3.8) is 0 Å². The van der Waals surface area contributed by atoms with Gasteiger partial charge in [0, 0.05) is 0 Å². The molecular weight excluding hydrogens is 404 g/mol. The average Bonchev–Trinajstić information content (AvgIpc) is 2.75. The van der Waals surface area contributed by atoms with E-state index in [0.717, 1.165) is 0 Å². The van der Waals surface area contributed by atoms with Crippen LogP contribution in [0.3, 0.4) is 0 Å². The van der Waals surface area contributed by atoms with Crippen LogP contribution >= 0.6 is 0 Å². The Morgan fingerprint density at radius 2 is 1.43 bits per heavy atom. The summed E-state index contributed by atoms with van der Waals surface area (Å²) >= 11 is 0. The second kappa shape index (κ2) is 9.73. The number of hydrogen-bond donors (Lipinski definition) is 6. The van der Waals surface area contributed by atoms with E-state index in [4.69, 9.17) is 23.7 Å². The zero-order valence-electron chi connectivity index (χ0n) is 16.5. The van der Waals surface area contributed by atoms with Gasteiger partial charge in [-0.15, -0.1) is 0 Å². The van der Waals surface area contributed by atoms with E-state index >= 15 is 0 Å². The second-order valence-corrected chi connectivity index (χ2v) is 7.28. The lowest BCUT2D eigenvalue weighted by Crippen LogP contribution is -2.64. The Bertz CT molecular complexity index is 669. The zero-order chi connectivity index (χ0) is 22.0. The van der Waals surface area contributed by atoms with Crippen molar-refractivity contribution < 1.29 is 54.3 Å². The van der Waals surface area contributed by atoms with Crippen molar-refractivity contribution in [2.45, 2.75) is 68.3 Å². The molecular formula is C19H28O11. The summed E-state index contributed by atoms with van der Waals surface area (Å²) in [6.07, 6.45) is -13.8. The molecule has 0 unspecified atom stereocenters. The van der Waals surface area contributed by atoms with Crippen molar-refractivity contribution in [2.24, 2.45) is 0 Å². The van der Waals surface area contributed by atoms with Crippen LogP contribution in [-0.4, -0.2) is 106 Å². The third kappa shape index (κ3) is 4.69. The predicted molar refractivity (Wildman–Crippen MR) is 98.6 cm³/mol. The topological polar surface area (TPSA) is 168 Å². The summed E-state index contributed by atoms with van der Waals surface area (Å²) in [6, 6.07) is 6.53. The minimum Gasteiger partial charge on any atom is -0.497 e. The number of aliphatic hydroxyl groups excluding tert-OH is 6. The van der Waals surface area contributed by atoms with Gasteiger partial charge in [0.05, 0.1) is 19.8 Å². The lowest BCUT2D eigenvalue weighted by atomic mass is 9.97. The normalized spacial score (nSPS) is 42.0. The van der Waals surface area contributed by atoms with E-state index < -0.39 is 68.0 Å². The van der Waals surface area contributed by atoms with Crippen molar-refractivity contribution in [2.75, 3.05) is 13.7 Å². The van der Waals surface area contributed by atoms with Crippen LogP contribution in [0.5, 0.6) is 11.5 Å². The molecule has 2 heterocycles. The molecule has 0 aliphatic carbocycles. The van der Waals surface area contributed by atoms with Crippen LogP contribution in [0.2, 0.25) is 0 Å². The third-order valence-electron chi connectivity index (χ3n) is 5.23. The van der Waals surface area contributed by atoms with Crippen molar-refractivity contribution in [1.29, 1.82) is 0 Å². The minimum absolute atomic E-state index is 0.370. The van der Waals surface area contributed by atoms with E-state index in [1.807, 2.05) is 0 Å². The zero-order valence-corrected chi connectivity index (χ0v) is 16.5.